The molecule has 0 bridgehead atoms. The van der Waals surface area contributed by atoms with Gasteiger partial charge in [0.15, 0.2) is 0 Å². The minimum Gasteiger partial charge on any atom is -0.207 e. The van der Waals surface area contributed by atoms with Crippen molar-refractivity contribution in [3.8, 4) is 11.1 Å². The molecule has 0 fully saturated rings. The van der Waals surface area contributed by atoms with Crippen molar-refractivity contribution in [3.63, 3.8) is 0 Å². The quantitative estimate of drug-likeness (QED) is 0.635. The van der Waals surface area contributed by atoms with Gasteiger partial charge in [-0.25, -0.2) is 4.39 Å². The van der Waals surface area contributed by atoms with Crippen LogP contribution in [0.3, 0.4) is 0 Å². The zero-order chi connectivity index (χ0) is 9.97. The molecule has 2 aromatic carbocycles. The Morgan fingerprint density at radius 2 is 1.50 bits per heavy atom. The van der Waals surface area contributed by atoms with Gasteiger partial charge in [0.05, 0.1) is 0 Å². The van der Waals surface area contributed by atoms with Crippen LogP contribution in [0.25, 0.3) is 11.1 Å². The van der Waals surface area contributed by atoms with Gasteiger partial charge in [0, 0.05) is 0 Å². The Morgan fingerprint density at radius 3 is 2.14 bits per heavy atom. The molecular weight excluding hydrogens is 175 g/mol. The van der Waals surface area contributed by atoms with Crippen molar-refractivity contribution in [2.75, 3.05) is 0 Å². The number of halogens is 1. The SMILES string of the molecule is [CH2]c1ccccc1-c1ccc(F)cc1. The molecule has 2 rings (SSSR count). The highest BCUT2D eigenvalue weighted by Gasteiger charge is 1.99. The normalized spacial score (nSPS) is 10.1. The lowest BCUT2D eigenvalue weighted by Crippen LogP contribution is -1.82. The fourth-order valence-electron chi connectivity index (χ4n) is 1.43. The number of hydrogen-bond acceptors (Lipinski definition) is 0. The molecule has 0 heterocycles. The van der Waals surface area contributed by atoms with Gasteiger partial charge in [-0.3, -0.25) is 0 Å². The standard InChI is InChI=1S/C13H10F/c1-10-4-2-3-5-13(10)11-6-8-12(14)9-7-11/h2-9H,1H2. The van der Waals surface area contributed by atoms with E-state index in [1.807, 2.05) is 24.3 Å². The second kappa shape index (κ2) is 3.62. The van der Waals surface area contributed by atoms with Crippen LogP contribution in [-0.4, -0.2) is 0 Å². The maximum absolute atomic E-state index is 12.7. The molecule has 69 valence electrons. The minimum absolute atomic E-state index is 0.213. The molecule has 0 N–H and O–H groups in total. The molecule has 2 aromatic rings. The predicted octanol–water partition coefficient (Wildman–Crippen LogP) is 3.67. The van der Waals surface area contributed by atoms with E-state index in [1.54, 1.807) is 12.1 Å². The molecule has 0 aromatic heterocycles. The first-order valence-corrected chi connectivity index (χ1v) is 4.44. The van der Waals surface area contributed by atoms with E-state index in [4.69, 9.17) is 0 Å². The molecule has 0 nitrogen and oxygen atoms in total. The second-order valence-corrected chi connectivity index (χ2v) is 3.16. The molecule has 1 radical (unpaired) electrons. The zero-order valence-electron chi connectivity index (χ0n) is 7.70. The van der Waals surface area contributed by atoms with Crippen LogP contribution in [0.4, 0.5) is 4.39 Å². The predicted molar refractivity (Wildman–Crippen MR) is 56.3 cm³/mol. The van der Waals surface area contributed by atoms with Gasteiger partial charge in [0.1, 0.15) is 5.82 Å². The molecule has 1 heteroatoms. The van der Waals surface area contributed by atoms with E-state index in [2.05, 4.69) is 6.92 Å². The van der Waals surface area contributed by atoms with Crippen LogP contribution in [0.15, 0.2) is 48.5 Å². The monoisotopic (exact) mass is 185 g/mol. The summed E-state index contributed by atoms with van der Waals surface area (Å²) in [6, 6.07) is 14.3. The first-order valence-electron chi connectivity index (χ1n) is 4.44. The second-order valence-electron chi connectivity index (χ2n) is 3.16. The minimum atomic E-state index is -0.213. The Morgan fingerprint density at radius 1 is 0.857 bits per heavy atom. The van der Waals surface area contributed by atoms with Crippen molar-refractivity contribution in [3.05, 3.63) is 66.8 Å². The van der Waals surface area contributed by atoms with Crippen molar-refractivity contribution >= 4 is 0 Å². The Hall–Kier alpha value is -1.63. The highest BCUT2D eigenvalue weighted by Crippen LogP contribution is 2.22. The number of rotatable bonds is 1. The lowest BCUT2D eigenvalue weighted by molar-refractivity contribution is 0.628. The molecule has 0 amide bonds. The molecule has 0 aliphatic carbocycles. The van der Waals surface area contributed by atoms with Gasteiger partial charge < -0.3 is 0 Å². The summed E-state index contributed by atoms with van der Waals surface area (Å²) < 4.78 is 12.7. The lowest BCUT2D eigenvalue weighted by atomic mass is 10.0. The Balaban J connectivity index is 2.50. The number of benzene rings is 2. The van der Waals surface area contributed by atoms with Crippen molar-refractivity contribution < 1.29 is 4.39 Å². The zero-order valence-corrected chi connectivity index (χ0v) is 7.70. The van der Waals surface area contributed by atoms with E-state index in [-0.39, 0.29) is 5.82 Å². The highest BCUT2D eigenvalue weighted by atomic mass is 19.1. The fraction of sp³-hybridized carbons (Fsp3) is 0. The van der Waals surface area contributed by atoms with Gasteiger partial charge in [-0.15, -0.1) is 0 Å². The van der Waals surface area contributed by atoms with Crippen molar-refractivity contribution in [1.29, 1.82) is 0 Å². The molecule has 0 aliphatic heterocycles. The molecule has 0 saturated carbocycles. The molecule has 0 unspecified atom stereocenters. The summed E-state index contributed by atoms with van der Waals surface area (Å²) in [5.74, 6) is -0.213. The smallest absolute Gasteiger partial charge is 0.123 e. The van der Waals surface area contributed by atoms with Gasteiger partial charge in [-0.1, -0.05) is 36.4 Å². The summed E-state index contributed by atoms with van der Waals surface area (Å²) in [6.07, 6.45) is 0. The topological polar surface area (TPSA) is 0 Å². The molecule has 0 aliphatic rings. The summed E-state index contributed by atoms with van der Waals surface area (Å²) in [5.41, 5.74) is 3.00. The van der Waals surface area contributed by atoms with E-state index in [9.17, 15) is 4.39 Å². The molecular formula is C13H10F. The van der Waals surface area contributed by atoms with Crippen molar-refractivity contribution in [2.24, 2.45) is 0 Å². The molecule has 0 spiro atoms. The maximum atomic E-state index is 12.7. The summed E-state index contributed by atoms with van der Waals surface area (Å²) in [6.45, 7) is 3.93. The van der Waals surface area contributed by atoms with E-state index in [0.717, 1.165) is 16.7 Å². The lowest BCUT2D eigenvalue weighted by Gasteiger charge is -2.04. The molecule has 0 saturated heterocycles. The van der Waals surface area contributed by atoms with Crippen molar-refractivity contribution in [1.82, 2.24) is 0 Å². The largest absolute Gasteiger partial charge is 0.207 e. The Kier molecular flexibility index (Phi) is 2.32. The third-order valence-corrected chi connectivity index (χ3v) is 2.17. The third kappa shape index (κ3) is 1.67. The van der Waals surface area contributed by atoms with Crippen molar-refractivity contribution in [2.45, 2.75) is 0 Å². The van der Waals surface area contributed by atoms with E-state index >= 15 is 0 Å². The summed E-state index contributed by atoms with van der Waals surface area (Å²) in [4.78, 5) is 0. The fourth-order valence-corrected chi connectivity index (χ4v) is 1.43. The first-order chi connectivity index (χ1) is 6.77. The van der Waals surface area contributed by atoms with Gasteiger partial charge in [-0.05, 0) is 35.7 Å². The average molecular weight is 185 g/mol. The van der Waals surface area contributed by atoms with E-state index in [0.29, 0.717) is 0 Å². The highest BCUT2D eigenvalue weighted by molar-refractivity contribution is 5.67. The first kappa shape index (κ1) is 8.95. The summed E-state index contributed by atoms with van der Waals surface area (Å²) >= 11 is 0. The van der Waals surface area contributed by atoms with Crippen LogP contribution in [0.2, 0.25) is 0 Å². The summed E-state index contributed by atoms with van der Waals surface area (Å²) in [7, 11) is 0. The summed E-state index contributed by atoms with van der Waals surface area (Å²) in [5, 5.41) is 0. The van der Waals surface area contributed by atoms with Gasteiger partial charge in [0.25, 0.3) is 0 Å². The van der Waals surface area contributed by atoms with Gasteiger partial charge in [-0.2, -0.15) is 0 Å². The van der Waals surface area contributed by atoms with Crippen LogP contribution in [-0.2, 0) is 0 Å². The van der Waals surface area contributed by atoms with E-state index < -0.39 is 0 Å². The average Bonchev–Trinajstić information content (AvgIpc) is 2.20. The van der Waals surface area contributed by atoms with Gasteiger partial charge in [0.2, 0.25) is 0 Å². The molecule has 14 heavy (non-hydrogen) atoms. The Labute approximate surface area is 83.0 Å². The number of hydrogen-bond donors (Lipinski definition) is 0. The third-order valence-electron chi connectivity index (χ3n) is 2.17. The molecule has 0 atom stereocenters. The van der Waals surface area contributed by atoms with Crippen LogP contribution >= 0.6 is 0 Å². The van der Waals surface area contributed by atoms with E-state index in [1.165, 1.54) is 12.1 Å². The maximum Gasteiger partial charge on any atom is 0.123 e. The van der Waals surface area contributed by atoms with Crippen LogP contribution < -0.4 is 0 Å². The van der Waals surface area contributed by atoms with Crippen LogP contribution in [0.5, 0.6) is 0 Å². The Bertz CT molecular complexity index is 429. The van der Waals surface area contributed by atoms with Crippen LogP contribution in [0.1, 0.15) is 5.56 Å². The van der Waals surface area contributed by atoms with Gasteiger partial charge >= 0.3 is 0 Å². The van der Waals surface area contributed by atoms with Crippen LogP contribution in [0, 0.1) is 12.7 Å².